The number of hydrogen-bond donors (Lipinski definition) is 2. The monoisotopic (exact) mass is 138 g/mol. The molecular weight excluding hydrogens is 135 g/mol. The van der Waals surface area contributed by atoms with Crippen LogP contribution in [0.25, 0.3) is 5.84 Å². The van der Waals surface area contributed by atoms with E-state index >= 15 is 0 Å². The topological polar surface area (TPSA) is 78.9 Å². The third kappa shape index (κ3) is 9.13. The van der Waals surface area contributed by atoms with Crippen LogP contribution in [-0.2, 0) is 19.5 Å². The Bertz CT molecular complexity index is 46.1. The van der Waals surface area contributed by atoms with Crippen LogP contribution in [0.3, 0.4) is 0 Å². The second-order valence-corrected chi connectivity index (χ2v) is 0.489. The number of carbonyl (C=O) groups is 1. The zero-order valence-electron chi connectivity index (χ0n) is 3.19. The second kappa shape index (κ2) is 4.85. The fourth-order valence-corrected chi connectivity index (χ4v) is 0. The van der Waals surface area contributed by atoms with E-state index in [9.17, 15) is 4.79 Å². The molecule has 0 aromatic carbocycles. The van der Waals surface area contributed by atoms with Crippen LogP contribution in [0.5, 0.6) is 0 Å². The van der Waals surface area contributed by atoms with Gasteiger partial charge in [0, 0.05) is 19.5 Å². The van der Waals surface area contributed by atoms with Crippen LogP contribution in [0.1, 0.15) is 0 Å². The summed E-state index contributed by atoms with van der Waals surface area (Å²) in [6, 6.07) is -0.829. The Kier molecular flexibility index (Phi) is 7.51. The molecule has 0 aromatic heterocycles. The van der Waals surface area contributed by atoms with Gasteiger partial charge in [-0.05, 0) is 0 Å². The molecule has 0 radical (unpaired) electrons. The summed E-state index contributed by atoms with van der Waals surface area (Å²) < 4.78 is 0. The van der Waals surface area contributed by atoms with Crippen molar-refractivity contribution in [3.05, 3.63) is 5.84 Å². The van der Waals surface area contributed by atoms with Crippen LogP contribution >= 0.6 is 0 Å². The quantitative estimate of drug-likeness (QED) is 0.348. The fourth-order valence-electron chi connectivity index (χ4n) is 0. The van der Waals surface area contributed by atoms with E-state index in [1.807, 2.05) is 0 Å². The molecule has 0 saturated heterocycles. The number of urea groups is 1. The summed E-state index contributed by atoms with van der Waals surface area (Å²) in [7, 11) is 0. The maximum atomic E-state index is 9.29. The van der Waals surface area contributed by atoms with E-state index in [1.54, 1.807) is 0 Å². The van der Waals surface area contributed by atoms with E-state index in [-0.39, 0.29) is 19.5 Å². The molecule has 0 aliphatic rings. The van der Waals surface area contributed by atoms with E-state index < -0.39 is 6.03 Å². The maximum Gasteiger partial charge on any atom is 0.295 e. The molecule has 0 aromatic rings. The van der Waals surface area contributed by atoms with Crippen molar-refractivity contribution in [2.24, 2.45) is 5.73 Å². The molecular formula is CH4N3OZn-. The minimum absolute atomic E-state index is 0. The number of rotatable bonds is 0. The molecule has 0 spiro atoms. The third-order valence-electron chi connectivity index (χ3n) is 0.123. The molecule has 6 heavy (non-hydrogen) atoms. The fraction of sp³-hybridized carbons (Fsp3) is 0. The van der Waals surface area contributed by atoms with Gasteiger partial charge in [0.25, 0.3) is 6.03 Å². The van der Waals surface area contributed by atoms with Crippen molar-refractivity contribution in [1.29, 1.82) is 0 Å². The molecule has 0 fully saturated rings. The van der Waals surface area contributed by atoms with Crippen molar-refractivity contribution < 1.29 is 24.3 Å². The molecule has 2 amide bonds. The van der Waals surface area contributed by atoms with Gasteiger partial charge >= 0.3 is 0 Å². The third-order valence-corrected chi connectivity index (χ3v) is 0.123. The number of primary amides is 1. The average Bonchev–Trinajstić information content (AvgIpc) is 1.38. The first kappa shape index (κ1) is 9.29. The van der Waals surface area contributed by atoms with Crippen molar-refractivity contribution in [3.8, 4) is 0 Å². The van der Waals surface area contributed by atoms with E-state index in [0.29, 0.717) is 0 Å². The molecule has 0 atom stereocenters. The Morgan fingerprint density at radius 3 is 2.00 bits per heavy atom. The van der Waals surface area contributed by atoms with Gasteiger partial charge in [0.2, 0.25) is 0 Å². The first-order chi connectivity index (χ1) is 2.27. The Morgan fingerprint density at radius 1 is 1.83 bits per heavy atom. The summed E-state index contributed by atoms with van der Waals surface area (Å²) >= 11 is 0. The first-order valence-corrected chi connectivity index (χ1v) is 0.993. The van der Waals surface area contributed by atoms with Crippen molar-refractivity contribution in [2.75, 3.05) is 0 Å². The first-order valence-electron chi connectivity index (χ1n) is 0.993. The molecule has 5 heteroatoms. The van der Waals surface area contributed by atoms with Crippen molar-refractivity contribution in [2.45, 2.75) is 0 Å². The Labute approximate surface area is 48.0 Å². The van der Waals surface area contributed by atoms with Gasteiger partial charge in [-0.2, -0.15) is 0 Å². The van der Waals surface area contributed by atoms with Crippen LogP contribution in [-0.4, -0.2) is 6.03 Å². The minimum atomic E-state index is -0.829. The van der Waals surface area contributed by atoms with Gasteiger partial charge in [-0.3, -0.25) is 4.79 Å². The second-order valence-electron chi connectivity index (χ2n) is 0.489. The zero-order chi connectivity index (χ0) is 4.28. The van der Waals surface area contributed by atoms with Gasteiger partial charge in [0.05, 0.1) is 0 Å². The SMILES string of the molecule is [NH-]NC(N)=O.[Zn]. The van der Waals surface area contributed by atoms with Crippen molar-refractivity contribution in [3.63, 3.8) is 0 Å². The van der Waals surface area contributed by atoms with Crippen molar-refractivity contribution >= 4 is 6.03 Å². The molecule has 4 N–H and O–H groups in total. The summed E-state index contributed by atoms with van der Waals surface area (Å²) in [5.41, 5.74) is 5.77. The van der Waals surface area contributed by atoms with Gasteiger partial charge in [0.1, 0.15) is 0 Å². The average molecular weight is 139 g/mol. The van der Waals surface area contributed by atoms with E-state index in [1.165, 1.54) is 5.43 Å². The maximum absolute atomic E-state index is 9.29. The Hall–Kier alpha value is -0.147. The largest absolute Gasteiger partial charge is 0.582 e. The van der Waals surface area contributed by atoms with Crippen LogP contribution in [0.4, 0.5) is 4.79 Å². The zero-order valence-corrected chi connectivity index (χ0v) is 6.16. The summed E-state index contributed by atoms with van der Waals surface area (Å²) in [4.78, 5) is 9.29. The number of nitrogens with two attached hydrogens (primary N) is 1. The predicted octanol–water partition coefficient (Wildman–Crippen LogP) is -0.381. The van der Waals surface area contributed by atoms with E-state index in [2.05, 4.69) is 5.73 Å². The van der Waals surface area contributed by atoms with Gasteiger partial charge in [-0.1, -0.05) is 0 Å². The molecule has 0 rings (SSSR count). The minimum Gasteiger partial charge on any atom is -0.582 e. The number of hydrogen-bond acceptors (Lipinski definition) is 1. The van der Waals surface area contributed by atoms with Gasteiger partial charge < -0.3 is 17.0 Å². The summed E-state index contributed by atoms with van der Waals surface area (Å²) in [6.07, 6.45) is 0. The Balaban J connectivity index is 0. The summed E-state index contributed by atoms with van der Waals surface area (Å²) in [5, 5.41) is 0. The molecule has 0 aliphatic carbocycles. The molecule has 0 bridgehead atoms. The number of carbonyl (C=O) groups excluding carboxylic acids is 1. The molecule has 0 heterocycles. The smallest absolute Gasteiger partial charge is 0.295 e. The summed E-state index contributed by atoms with van der Waals surface area (Å²) in [5.74, 6) is 5.93. The normalized spacial score (nSPS) is 5.50. The Morgan fingerprint density at radius 2 is 2.00 bits per heavy atom. The standard InChI is InChI=1S/CH4N3O.Zn/c2-1(5)4-3;/h3H,(H3,2,4,5);/q-1;. The summed E-state index contributed by atoms with van der Waals surface area (Å²) in [6.45, 7) is 0. The molecule has 0 aliphatic heterocycles. The van der Waals surface area contributed by atoms with Crippen LogP contribution < -0.4 is 11.2 Å². The van der Waals surface area contributed by atoms with Crippen LogP contribution in [0.15, 0.2) is 0 Å². The van der Waals surface area contributed by atoms with Crippen LogP contribution in [0, 0.1) is 0 Å². The number of nitrogens with one attached hydrogen (secondary N) is 2. The molecule has 0 unspecified atom stereocenters. The van der Waals surface area contributed by atoms with Crippen molar-refractivity contribution in [1.82, 2.24) is 5.43 Å². The van der Waals surface area contributed by atoms with E-state index in [0.717, 1.165) is 0 Å². The van der Waals surface area contributed by atoms with Gasteiger partial charge in [-0.25, -0.2) is 0 Å². The van der Waals surface area contributed by atoms with Gasteiger partial charge in [0.15, 0.2) is 0 Å². The number of amides is 2. The van der Waals surface area contributed by atoms with E-state index in [4.69, 9.17) is 5.84 Å². The predicted molar refractivity (Wildman–Crippen MR) is 17.0 cm³/mol. The molecule has 0 saturated carbocycles. The molecule has 4 nitrogen and oxygen atoms in total. The van der Waals surface area contributed by atoms with Gasteiger partial charge in [-0.15, -0.1) is 0 Å². The van der Waals surface area contributed by atoms with Crippen LogP contribution in [0.2, 0.25) is 0 Å². The molecule has 32 valence electrons.